The molecule has 1 aromatic rings. The maximum Gasteiger partial charge on any atom is 0.243 e. The number of halogens is 1. The second-order valence-corrected chi connectivity index (χ2v) is 6.01. The van der Waals surface area contributed by atoms with Crippen LogP contribution >= 0.6 is 0 Å². The first-order valence-electron chi connectivity index (χ1n) is 7.06. The van der Waals surface area contributed by atoms with Crippen LogP contribution in [0, 0.1) is 5.82 Å². The fourth-order valence-corrected chi connectivity index (χ4v) is 3.66. The number of nitrogens with two attached hydrogens (primary N) is 1. The zero-order chi connectivity index (χ0) is 14.3. The second-order valence-electron chi connectivity index (χ2n) is 6.01. The molecule has 0 radical (unpaired) electrons. The Balaban J connectivity index is 1.91. The summed E-state index contributed by atoms with van der Waals surface area (Å²) < 4.78 is 13.8. The minimum absolute atomic E-state index is 0.348. The van der Waals surface area contributed by atoms with E-state index in [1.165, 1.54) is 6.07 Å². The Morgan fingerprint density at radius 3 is 2.50 bits per heavy atom. The minimum Gasteiger partial charge on any atom is -0.369 e. The number of primary amides is 1. The van der Waals surface area contributed by atoms with Crippen LogP contribution in [0.4, 0.5) is 10.1 Å². The largest absolute Gasteiger partial charge is 0.369 e. The van der Waals surface area contributed by atoms with Crippen LogP contribution in [0.3, 0.4) is 0 Å². The number of nitrogens with zero attached hydrogens (tertiary/aromatic N) is 1. The molecule has 3 N–H and O–H groups in total. The van der Waals surface area contributed by atoms with Crippen molar-refractivity contribution in [1.82, 2.24) is 4.90 Å². The number of benzene rings is 1. The summed E-state index contributed by atoms with van der Waals surface area (Å²) >= 11 is 0. The smallest absolute Gasteiger partial charge is 0.243 e. The van der Waals surface area contributed by atoms with Crippen molar-refractivity contribution in [3.8, 4) is 0 Å². The van der Waals surface area contributed by atoms with E-state index in [-0.39, 0.29) is 11.7 Å². The lowest BCUT2D eigenvalue weighted by molar-refractivity contribution is -0.124. The van der Waals surface area contributed by atoms with Crippen LogP contribution in [0.1, 0.15) is 25.7 Å². The number of anilines is 1. The van der Waals surface area contributed by atoms with E-state index in [1.807, 2.05) is 0 Å². The Kier molecular flexibility index (Phi) is 3.17. The van der Waals surface area contributed by atoms with Crippen LogP contribution in [0.5, 0.6) is 0 Å². The van der Waals surface area contributed by atoms with E-state index in [0.29, 0.717) is 30.6 Å². The Morgan fingerprint density at radius 2 is 1.95 bits per heavy atom. The summed E-state index contributed by atoms with van der Waals surface area (Å²) in [4.78, 5) is 14.4. The molecule has 2 saturated heterocycles. The van der Waals surface area contributed by atoms with Crippen molar-refractivity contribution in [2.75, 3.05) is 12.4 Å². The molecule has 2 bridgehead atoms. The molecule has 2 fully saturated rings. The van der Waals surface area contributed by atoms with Crippen LogP contribution in [0.15, 0.2) is 24.3 Å². The van der Waals surface area contributed by atoms with Crippen molar-refractivity contribution < 1.29 is 9.18 Å². The normalized spacial score (nSPS) is 33.1. The fourth-order valence-electron chi connectivity index (χ4n) is 3.66. The highest BCUT2D eigenvalue weighted by atomic mass is 19.1. The third-order valence-corrected chi connectivity index (χ3v) is 4.87. The van der Waals surface area contributed by atoms with Gasteiger partial charge in [0.2, 0.25) is 5.91 Å². The molecule has 5 heteroatoms. The summed E-state index contributed by atoms with van der Waals surface area (Å²) in [5.74, 6) is -0.731. The Labute approximate surface area is 118 Å². The molecule has 2 heterocycles. The van der Waals surface area contributed by atoms with Crippen molar-refractivity contribution in [3.63, 3.8) is 0 Å². The molecule has 4 nitrogen and oxygen atoms in total. The van der Waals surface area contributed by atoms with Crippen molar-refractivity contribution in [3.05, 3.63) is 30.1 Å². The Hall–Kier alpha value is -1.62. The monoisotopic (exact) mass is 277 g/mol. The second kappa shape index (κ2) is 4.74. The Morgan fingerprint density at radius 1 is 1.35 bits per heavy atom. The van der Waals surface area contributed by atoms with Gasteiger partial charge in [0.1, 0.15) is 11.4 Å². The third-order valence-electron chi connectivity index (χ3n) is 4.87. The number of nitrogens with one attached hydrogen (secondary N) is 1. The number of carbonyl (C=O) groups excluding carboxylic acids is 1. The van der Waals surface area contributed by atoms with Gasteiger partial charge in [0, 0.05) is 12.1 Å². The molecular formula is C15H20FN3O. The summed E-state index contributed by atoms with van der Waals surface area (Å²) in [5, 5.41) is 3.11. The average Bonchev–Trinajstić information content (AvgIpc) is 2.64. The SMILES string of the molecule is CN1C2CCC1CC(Nc1ccccc1F)(C(N)=O)C2. The molecule has 2 unspecified atom stereocenters. The summed E-state index contributed by atoms with van der Waals surface area (Å²) in [7, 11) is 2.09. The van der Waals surface area contributed by atoms with Gasteiger partial charge in [0.25, 0.3) is 0 Å². The number of amides is 1. The highest BCUT2D eigenvalue weighted by Crippen LogP contribution is 2.41. The summed E-state index contributed by atoms with van der Waals surface area (Å²) in [6.07, 6.45) is 3.44. The highest BCUT2D eigenvalue weighted by Gasteiger charge is 2.50. The number of hydrogen-bond donors (Lipinski definition) is 2. The van der Waals surface area contributed by atoms with E-state index in [0.717, 1.165) is 12.8 Å². The molecule has 0 spiro atoms. The molecule has 0 saturated carbocycles. The van der Waals surface area contributed by atoms with Gasteiger partial charge in [-0.25, -0.2) is 4.39 Å². The third kappa shape index (κ3) is 2.06. The molecule has 2 aliphatic rings. The molecule has 0 aromatic heterocycles. The maximum absolute atomic E-state index is 13.8. The number of fused-ring (bicyclic) bond motifs is 2. The van der Waals surface area contributed by atoms with Crippen LogP contribution < -0.4 is 11.1 Å². The van der Waals surface area contributed by atoms with Crippen molar-refractivity contribution in [2.24, 2.45) is 5.73 Å². The van der Waals surface area contributed by atoms with Crippen molar-refractivity contribution in [2.45, 2.75) is 43.3 Å². The lowest BCUT2D eigenvalue weighted by Gasteiger charge is -2.44. The quantitative estimate of drug-likeness (QED) is 0.884. The van der Waals surface area contributed by atoms with Gasteiger partial charge >= 0.3 is 0 Å². The van der Waals surface area contributed by atoms with Gasteiger partial charge in [-0.05, 0) is 44.9 Å². The van der Waals surface area contributed by atoms with Crippen LogP contribution in [-0.2, 0) is 4.79 Å². The fraction of sp³-hybridized carbons (Fsp3) is 0.533. The zero-order valence-corrected chi connectivity index (χ0v) is 11.6. The molecule has 20 heavy (non-hydrogen) atoms. The van der Waals surface area contributed by atoms with Crippen LogP contribution in [0.2, 0.25) is 0 Å². The number of hydrogen-bond acceptors (Lipinski definition) is 3. The Bertz CT molecular complexity index is 520. The summed E-state index contributed by atoms with van der Waals surface area (Å²) in [6.45, 7) is 0. The maximum atomic E-state index is 13.8. The van der Waals surface area contributed by atoms with Gasteiger partial charge in [0.05, 0.1) is 5.69 Å². The van der Waals surface area contributed by atoms with E-state index in [9.17, 15) is 9.18 Å². The van der Waals surface area contributed by atoms with Gasteiger partial charge in [-0.2, -0.15) is 0 Å². The van der Waals surface area contributed by atoms with Gasteiger partial charge in [-0.15, -0.1) is 0 Å². The predicted molar refractivity (Wildman–Crippen MR) is 75.8 cm³/mol. The number of rotatable bonds is 3. The van der Waals surface area contributed by atoms with Crippen LogP contribution in [0.25, 0.3) is 0 Å². The standard InChI is InChI=1S/C15H20FN3O/c1-19-10-6-7-11(19)9-15(8-10,14(17)20)18-13-5-3-2-4-12(13)16/h2-5,10-11,18H,6-9H2,1H3,(H2,17,20). The number of carbonyl (C=O) groups is 1. The average molecular weight is 277 g/mol. The first kappa shape index (κ1) is 13.4. The van der Waals surface area contributed by atoms with Gasteiger partial charge in [-0.1, -0.05) is 12.1 Å². The lowest BCUT2D eigenvalue weighted by atomic mass is 9.82. The first-order chi connectivity index (χ1) is 9.52. The molecule has 1 amide bonds. The van der Waals surface area contributed by atoms with E-state index < -0.39 is 5.54 Å². The highest BCUT2D eigenvalue weighted by molar-refractivity contribution is 5.88. The van der Waals surface area contributed by atoms with Crippen molar-refractivity contribution in [1.29, 1.82) is 0 Å². The molecular weight excluding hydrogens is 257 g/mol. The van der Waals surface area contributed by atoms with E-state index in [2.05, 4.69) is 17.3 Å². The van der Waals surface area contributed by atoms with E-state index in [4.69, 9.17) is 5.73 Å². The van der Waals surface area contributed by atoms with E-state index >= 15 is 0 Å². The first-order valence-corrected chi connectivity index (χ1v) is 7.06. The molecule has 2 atom stereocenters. The van der Waals surface area contributed by atoms with Crippen molar-refractivity contribution >= 4 is 11.6 Å². The molecule has 108 valence electrons. The summed E-state index contributed by atoms with van der Waals surface area (Å²) in [5.41, 5.74) is 5.18. The topological polar surface area (TPSA) is 58.4 Å². The molecule has 3 rings (SSSR count). The number of piperidine rings is 1. The lowest BCUT2D eigenvalue weighted by Crippen LogP contribution is -2.60. The zero-order valence-electron chi connectivity index (χ0n) is 11.6. The number of para-hydroxylation sites is 1. The van der Waals surface area contributed by atoms with Gasteiger partial charge in [-0.3, -0.25) is 4.79 Å². The van der Waals surface area contributed by atoms with E-state index in [1.54, 1.807) is 18.2 Å². The molecule has 0 aliphatic carbocycles. The molecule has 2 aliphatic heterocycles. The van der Waals surface area contributed by atoms with Gasteiger partial charge in [0.15, 0.2) is 0 Å². The summed E-state index contributed by atoms with van der Waals surface area (Å²) in [6, 6.07) is 7.13. The van der Waals surface area contributed by atoms with Gasteiger partial charge < -0.3 is 16.0 Å². The molecule has 1 aromatic carbocycles. The predicted octanol–water partition coefficient (Wildman–Crippen LogP) is 1.72. The minimum atomic E-state index is -0.833. The van der Waals surface area contributed by atoms with Crippen LogP contribution in [-0.4, -0.2) is 35.5 Å².